The van der Waals surface area contributed by atoms with Gasteiger partial charge in [0.15, 0.2) is 0 Å². The summed E-state index contributed by atoms with van der Waals surface area (Å²) in [7, 11) is 0. The molecule has 1 aromatic rings. The summed E-state index contributed by atoms with van der Waals surface area (Å²) in [5.74, 6) is 0.620. The number of hydrogen-bond acceptors (Lipinski definition) is 2. The largest absolute Gasteiger partial charge is 0.369 e. The average molecular weight is 305 g/mol. The van der Waals surface area contributed by atoms with Crippen LogP contribution in [0.25, 0.3) is 0 Å². The summed E-state index contributed by atoms with van der Waals surface area (Å²) in [5.41, 5.74) is 3.26. The number of benzene rings is 1. The zero-order valence-electron chi connectivity index (χ0n) is 15.1. The topological polar surface area (TPSA) is 29.5 Å². The van der Waals surface area contributed by atoms with E-state index in [1.165, 1.54) is 0 Å². The van der Waals surface area contributed by atoms with Gasteiger partial charge < -0.3 is 9.64 Å². The highest BCUT2D eigenvalue weighted by molar-refractivity contribution is 5.97. The van der Waals surface area contributed by atoms with Gasteiger partial charge in [0.05, 0.1) is 0 Å². The van der Waals surface area contributed by atoms with E-state index in [4.69, 9.17) is 4.74 Å². The van der Waals surface area contributed by atoms with Crippen molar-refractivity contribution in [2.45, 2.75) is 67.0 Å². The second-order valence-corrected chi connectivity index (χ2v) is 6.79. The molecule has 1 amide bonds. The Bertz CT molecular complexity index is 494. The summed E-state index contributed by atoms with van der Waals surface area (Å²) in [6.45, 7) is 15.0. The lowest BCUT2D eigenvalue weighted by Gasteiger charge is -2.31. The molecule has 0 fully saturated rings. The fourth-order valence-electron chi connectivity index (χ4n) is 2.38. The third kappa shape index (κ3) is 5.13. The van der Waals surface area contributed by atoms with Crippen LogP contribution in [-0.4, -0.2) is 24.7 Å². The molecule has 1 rings (SSSR count). The summed E-state index contributed by atoms with van der Waals surface area (Å²) < 4.78 is 5.75. The van der Waals surface area contributed by atoms with Gasteiger partial charge >= 0.3 is 0 Å². The van der Waals surface area contributed by atoms with E-state index in [9.17, 15) is 4.79 Å². The second kappa shape index (κ2) is 8.33. The SMILES string of the molecule is Cc1ccc(C)c(N(C(=O)C(C)OCCC(C)C)C(C)C)c1. The highest BCUT2D eigenvalue weighted by Crippen LogP contribution is 2.25. The van der Waals surface area contributed by atoms with E-state index in [0.29, 0.717) is 12.5 Å². The van der Waals surface area contributed by atoms with E-state index in [0.717, 1.165) is 23.2 Å². The van der Waals surface area contributed by atoms with Gasteiger partial charge in [0, 0.05) is 18.3 Å². The molecule has 1 unspecified atom stereocenters. The van der Waals surface area contributed by atoms with Gasteiger partial charge in [-0.15, -0.1) is 0 Å². The quantitative estimate of drug-likeness (QED) is 0.742. The Labute approximate surface area is 135 Å². The van der Waals surface area contributed by atoms with Crippen molar-refractivity contribution in [2.24, 2.45) is 5.92 Å². The zero-order chi connectivity index (χ0) is 16.9. The van der Waals surface area contributed by atoms with Crippen LogP contribution < -0.4 is 4.90 Å². The van der Waals surface area contributed by atoms with Crippen molar-refractivity contribution in [2.75, 3.05) is 11.5 Å². The van der Waals surface area contributed by atoms with E-state index in [-0.39, 0.29) is 11.9 Å². The fourth-order valence-corrected chi connectivity index (χ4v) is 2.38. The summed E-state index contributed by atoms with van der Waals surface area (Å²) in [6, 6.07) is 6.32. The van der Waals surface area contributed by atoms with Crippen molar-refractivity contribution in [3.8, 4) is 0 Å². The molecule has 0 bridgehead atoms. The van der Waals surface area contributed by atoms with Crippen LogP contribution >= 0.6 is 0 Å². The molecule has 1 atom stereocenters. The van der Waals surface area contributed by atoms with Gasteiger partial charge in [-0.05, 0) is 64.2 Å². The molecule has 0 aromatic heterocycles. The molecular weight excluding hydrogens is 274 g/mol. The number of carbonyl (C=O) groups is 1. The minimum atomic E-state index is -0.416. The number of nitrogens with zero attached hydrogens (tertiary/aromatic N) is 1. The lowest BCUT2D eigenvalue weighted by Crippen LogP contribution is -2.44. The van der Waals surface area contributed by atoms with Crippen molar-refractivity contribution >= 4 is 11.6 Å². The maximum Gasteiger partial charge on any atom is 0.256 e. The Kier molecular flexibility index (Phi) is 7.08. The van der Waals surface area contributed by atoms with Gasteiger partial charge in [0.25, 0.3) is 5.91 Å². The Hall–Kier alpha value is -1.35. The molecule has 3 nitrogen and oxygen atoms in total. The number of hydrogen-bond donors (Lipinski definition) is 0. The van der Waals surface area contributed by atoms with Crippen molar-refractivity contribution in [1.82, 2.24) is 0 Å². The van der Waals surface area contributed by atoms with Crippen LogP contribution in [0.5, 0.6) is 0 Å². The highest BCUT2D eigenvalue weighted by atomic mass is 16.5. The van der Waals surface area contributed by atoms with Crippen LogP contribution in [-0.2, 0) is 9.53 Å². The third-order valence-corrected chi connectivity index (χ3v) is 3.79. The van der Waals surface area contributed by atoms with Gasteiger partial charge in [-0.2, -0.15) is 0 Å². The summed E-state index contributed by atoms with van der Waals surface area (Å²) in [6.07, 6.45) is 0.559. The molecule has 0 aliphatic heterocycles. The first-order valence-electron chi connectivity index (χ1n) is 8.26. The van der Waals surface area contributed by atoms with Crippen molar-refractivity contribution in [3.05, 3.63) is 29.3 Å². The predicted octanol–water partition coefficient (Wildman–Crippen LogP) is 4.50. The van der Waals surface area contributed by atoms with Gasteiger partial charge in [-0.25, -0.2) is 0 Å². The smallest absolute Gasteiger partial charge is 0.256 e. The van der Waals surface area contributed by atoms with Crippen LogP contribution in [0.2, 0.25) is 0 Å². The number of aryl methyl sites for hydroxylation is 2. The van der Waals surface area contributed by atoms with Crippen LogP contribution in [0.4, 0.5) is 5.69 Å². The number of rotatable bonds is 7. The minimum Gasteiger partial charge on any atom is -0.369 e. The maximum atomic E-state index is 12.8. The van der Waals surface area contributed by atoms with Gasteiger partial charge in [0.2, 0.25) is 0 Å². The lowest BCUT2D eigenvalue weighted by molar-refractivity contribution is -0.129. The Morgan fingerprint density at radius 1 is 1.14 bits per heavy atom. The van der Waals surface area contributed by atoms with Gasteiger partial charge in [0.1, 0.15) is 6.10 Å². The highest BCUT2D eigenvalue weighted by Gasteiger charge is 2.26. The predicted molar refractivity (Wildman–Crippen MR) is 93.4 cm³/mol. The molecule has 22 heavy (non-hydrogen) atoms. The van der Waals surface area contributed by atoms with Crippen LogP contribution in [0.3, 0.4) is 0 Å². The van der Waals surface area contributed by atoms with Crippen LogP contribution in [0, 0.1) is 19.8 Å². The molecule has 0 saturated carbocycles. The summed E-state index contributed by atoms with van der Waals surface area (Å²) in [4.78, 5) is 14.7. The van der Waals surface area contributed by atoms with Crippen molar-refractivity contribution in [3.63, 3.8) is 0 Å². The van der Waals surface area contributed by atoms with E-state index in [1.54, 1.807) is 0 Å². The Morgan fingerprint density at radius 3 is 2.32 bits per heavy atom. The van der Waals surface area contributed by atoms with Crippen molar-refractivity contribution < 1.29 is 9.53 Å². The monoisotopic (exact) mass is 305 g/mol. The van der Waals surface area contributed by atoms with Crippen LogP contribution in [0.15, 0.2) is 18.2 Å². The second-order valence-electron chi connectivity index (χ2n) is 6.79. The average Bonchev–Trinajstić information content (AvgIpc) is 2.41. The van der Waals surface area contributed by atoms with E-state index in [2.05, 4.69) is 39.0 Å². The number of carbonyl (C=O) groups excluding carboxylic acids is 1. The number of amides is 1. The molecule has 0 radical (unpaired) electrons. The van der Waals surface area contributed by atoms with E-state index < -0.39 is 6.10 Å². The molecule has 0 saturated heterocycles. The van der Waals surface area contributed by atoms with E-state index >= 15 is 0 Å². The lowest BCUT2D eigenvalue weighted by atomic mass is 10.1. The number of anilines is 1. The van der Waals surface area contributed by atoms with E-state index in [1.807, 2.05) is 32.6 Å². The molecule has 3 heteroatoms. The third-order valence-electron chi connectivity index (χ3n) is 3.79. The molecule has 0 aliphatic carbocycles. The van der Waals surface area contributed by atoms with Crippen LogP contribution in [0.1, 0.15) is 52.2 Å². The molecular formula is C19H31NO2. The molecule has 124 valence electrons. The summed E-state index contributed by atoms with van der Waals surface area (Å²) in [5, 5.41) is 0. The molecule has 0 spiro atoms. The molecule has 0 aliphatic rings. The van der Waals surface area contributed by atoms with Gasteiger partial charge in [-0.1, -0.05) is 26.0 Å². The molecule has 1 aromatic carbocycles. The molecule has 0 heterocycles. The summed E-state index contributed by atoms with van der Waals surface area (Å²) >= 11 is 0. The maximum absolute atomic E-state index is 12.8. The first-order valence-corrected chi connectivity index (χ1v) is 8.26. The first-order chi connectivity index (χ1) is 10.2. The Balaban J connectivity index is 2.90. The zero-order valence-corrected chi connectivity index (χ0v) is 15.1. The standard InChI is InChI=1S/C19H31NO2/c1-13(2)10-11-22-17(7)19(21)20(14(3)4)18-12-15(5)8-9-16(18)6/h8-9,12-14,17H,10-11H2,1-7H3. The molecule has 0 N–H and O–H groups in total. The Morgan fingerprint density at radius 2 is 1.77 bits per heavy atom. The van der Waals surface area contributed by atoms with Gasteiger partial charge in [-0.3, -0.25) is 4.79 Å². The first kappa shape index (κ1) is 18.7. The van der Waals surface area contributed by atoms with Crippen molar-refractivity contribution in [1.29, 1.82) is 0 Å². The normalized spacial score (nSPS) is 12.8. The fraction of sp³-hybridized carbons (Fsp3) is 0.632. The number of ether oxygens (including phenoxy) is 1. The minimum absolute atomic E-state index is 0.0347.